The van der Waals surface area contributed by atoms with Crippen LogP contribution in [-0.4, -0.2) is 49.3 Å². The van der Waals surface area contributed by atoms with Crippen molar-refractivity contribution >= 4 is 19.8 Å². The third kappa shape index (κ3) is 75.5. The number of phosphoric acid groups is 1. The monoisotopic (exact) mass is 1290 g/mol. The van der Waals surface area contributed by atoms with Gasteiger partial charge in [0.05, 0.1) is 13.2 Å². The first kappa shape index (κ1) is 88.5. The molecule has 2 atom stereocenters. The standard InChI is InChI=1S/C80H156NO8P/c1-3-5-7-9-11-13-15-17-19-21-23-25-27-29-31-33-35-36-37-38-39-40-41-43-44-46-48-50-52-54-56-58-60-62-64-66-68-70-72-79(82)86-76-78(77-88-90(84,85)87-75-74-81)89-80(83)73-71-69-67-65-63-61-59-57-55-53-51-49-47-45-42-34-32-30-28-26-24-22-20-18-16-14-12-10-8-6-4-2/h16,18,22,24,78H,3-15,17,19-21,23,25-77,81H2,1-2H3,(H,84,85)/b18-16-,24-22-. The molecule has 0 aromatic rings. The minimum Gasteiger partial charge on any atom is -0.462 e. The highest BCUT2D eigenvalue weighted by molar-refractivity contribution is 7.47. The van der Waals surface area contributed by atoms with Crippen molar-refractivity contribution in [1.82, 2.24) is 0 Å². The number of ether oxygens (including phenoxy) is 2. The van der Waals surface area contributed by atoms with Gasteiger partial charge in [0.1, 0.15) is 6.61 Å². The molecular weight excluding hydrogens is 1130 g/mol. The summed E-state index contributed by atoms with van der Waals surface area (Å²) in [6.07, 6.45) is 96.2. The number of unbranched alkanes of at least 4 members (excludes halogenated alkanes) is 61. The Kier molecular flexibility index (Phi) is 75.2. The fourth-order valence-corrected chi connectivity index (χ4v) is 13.4. The molecule has 3 N–H and O–H groups in total. The second kappa shape index (κ2) is 76.5. The molecule has 0 fully saturated rings. The molecule has 0 aliphatic carbocycles. The van der Waals surface area contributed by atoms with Gasteiger partial charge in [0, 0.05) is 19.4 Å². The Morgan fingerprint density at radius 1 is 0.333 bits per heavy atom. The molecule has 0 rings (SSSR count). The summed E-state index contributed by atoms with van der Waals surface area (Å²) in [5.41, 5.74) is 5.42. The van der Waals surface area contributed by atoms with Gasteiger partial charge in [-0.25, -0.2) is 4.57 Å². The first-order valence-electron chi connectivity index (χ1n) is 40.3. The van der Waals surface area contributed by atoms with Crippen LogP contribution in [0.15, 0.2) is 24.3 Å². The molecule has 0 aliphatic heterocycles. The van der Waals surface area contributed by atoms with Gasteiger partial charge in [-0.2, -0.15) is 0 Å². The lowest BCUT2D eigenvalue weighted by Crippen LogP contribution is -2.29. The number of carbonyl (C=O) groups excluding carboxylic acids is 2. The first-order chi connectivity index (χ1) is 44.3. The van der Waals surface area contributed by atoms with Gasteiger partial charge in [-0.1, -0.05) is 411 Å². The highest BCUT2D eigenvalue weighted by atomic mass is 31.2. The number of hydrogen-bond acceptors (Lipinski definition) is 8. The van der Waals surface area contributed by atoms with Crippen LogP contribution in [-0.2, 0) is 32.7 Å². The van der Waals surface area contributed by atoms with Gasteiger partial charge < -0.3 is 20.1 Å². The van der Waals surface area contributed by atoms with E-state index in [1.54, 1.807) is 0 Å². The fraction of sp³-hybridized carbons (Fsp3) is 0.925. The summed E-state index contributed by atoms with van der Waals surface area (Å²) < 4.78 is 33.3. The molecule has 90 heavy (non-hydrogen) atoms. The van der Waals surface area contributed by atoms with Gasteiger partial charge in [-0.3, -0.25) is 18.6 Å². The molecule has 0 aromatic carbocycles. The van der Waals surface area contributed by atoms with Crippen molar-refractivity contribution in [2.24, 2.45) is 5.73 Å². The number of rotatable bonds is 78. The Morgan fingerprint density at radius 2 is 0.578 bits per heavy atom. The molecule has 0 aromatic heterocycles. The average Bonchev–Trinajstić information content (AvgIpc) is 3.75. The third-order valence-corrected chi connectivity index (χ3v) is 19.6. The van der Waals surface area contributed by atoms with E-state index >= 15 is 0 Å². The molecule has 0 radical (unpaired) electrons. The van der Waals surface area contributed by atoms with Crippen LogP contribution in [0.25, 0.3) is 0 Å². The average molecular weight is 1290 g/mol. The van der Waals surface area contributed by atoms with Crippen molar-refractivity contribution < 1.29 is 37.6 Å². The summed E-state index contributed by atoms with van der Waals surface area (Å²) in [6, 6.07) is 0. The molecular formula is C80H156NO8P. The predicted octanol–water partition coefficient (Wildman–Crippen LogP) is 26.8. The Hall–Kier alpha value is -1.51. The minimum absolute atomic E-state index is 0.0571. The van der Waals surface area contributed by atoms with Crippen molar-refractivity contribution in [3.05, 3.63) is 24.3 Å². The van der Waals surface area contributed by atoms with Gasteiger partial charge in [-0.15, -0.1) is 0 Å². The summed E-state index contributed by atoms with van der Waals surface area (Å²) in [5.74, 6) is -0.799. The van der Waals surface area contributed by atoms with Crippen molar-refractivity contribution in [3.8, 4) is 0 Å². The van der Waals surface area contributed by atoms with E-state index in [-0.39, 0.29) is 38.6 Å². The van der Waals surface area contributed by atoms with E-state index < -0.39 is 26.5 Å². The minimum atomic E-state index is -4.39. The number of nitrogens with two attached hydrogens (primary N) is 1. The van der Waals surface area contributed by atoms with Crippen molar-refractivity contribution in [2.45, 2.75) is 450 Å². The van der Waals surface area contributed by atoms with Crippen LogP contribution < -0.4 is 5.73 Å². The number of carbonyl (C=O) groups is 2. The summed E-state index contributed by atoms with van der Waals surface area (Å²) in [7, 11) is -4.39. The normalized spacial score (nSPS) is 12.9. The lowest BCUT2D eigenvalue weighted by molar-refractivity contribution is -0.161. The molecule has 9 nitrogen and oxygen atoms in total. The Balaban J connectivity index is 3.73. The molecule has 534 valence electrons. The Morgan fingerprint density at radius 3 is 0.844 bits per heavy atom. The van der Waals surface area contributed by atoms with E-state index in [9.17, 15) is 19.0 Å². The van der Waals surface area contributed by atoms with E-state index in [0.29, 0.717) is 6.42 Å². The number of phosphoric ester groups is 1. The molecule has 2 unspecified atom stereocenters. The molecule has 10 heteroatoms. The maximum atomic E-state index is 12.8. The van der Waals surface area contributed by atoms with Crippen molar-refractivity contribution in [2.75, 3.05) is 26.4 Å². The zero-order chi connectivity index (χ0) is 65.1. The van der Waals surface area contributed by atoms with Crippen LogP contribution in [0.4, 0.5) is 0 Å². The largest absolute Gasteiger partial charge is 0.472 e. The fourth-order valence-electron chi connectivity index (χ4n) is 12.6. The number of hydrogen-bond donors (Lipinski definition) is 2. The van der Waals surface area contributed by atoms with Crippen LogP contribution in [0, 0.1) is 0 Å². The zero-order valence-corrected chi connectivity index (χ0v) is 61.3. The van der Waals surface area contributed by atoms with Crippen LogP contribution in [0.3, 0.4) is 0 Å². The third-order valence-electron chi connectivity index (χ3n) is 18.6. The topological polar surface area (TPSA) is 134 Å². The molecule has 0 heterocycles. The van der Waals surface area contributed by atoms with E-state index in [2.05, 4.69) is 38.2 Å². The number of esters is 2. The quantitative estimate of drug-likeness (QED) is 0.0264. The van der Waals surface area contributed by atoms with E-state index in [1.807, 2.05) is 0 Å². The van der Waals surface area contributed by atoms with Gasteiger partial charge >= 0.3 is 19.8 Å². The second-order valence-electron chi connectivity index (χ2n) is 27.7. The van der Waals surface area contributed by atoms with E-state index in [0.717, 1.165) is 38.5 Å². The van der Waals surface area contributed by atoms with Gasteiger partial charge in [0.25, 0.3) is 0 Å². The molecule has 0 saturated carbocycles. The maximum Gasteiger partial charge on any atom is 0.472 e. The Labute approximate surface area is 561 Å². The highest BCUT2D eigenvalue weighted by Crippen LogP contribution is 2.43. The lowest BCUT2D eigenvalue weighted by atomic mass is 10.0. The molecule has 0 aliphatic rings. The van der Waals surface area contributed by atoms with Gasteiger partial charge in [0.2, 0.25) is 0 Å². The smallest absolute Gasteiger partial charge is 0.462 e. The molecule has 0 saturated heterocycles. The van der Waals surface area contributed by atoms with Gasteiger partial charge in [-0.05, 0) is 44.9 Å². The highest BCUT2D eigenvalue weighted by Gasteiger charge is 2.26. The zero-order valence-electron chi connectivity index (χ0n) is 60.4. The maximum absolute atomic E-state index is 12.8. The van der Waals surface area contributed by atoms with Gasteiger partial charge in [0.15, 0.2) is 6.10 Å². The van der Waals surface area contributed by atoms with E-state index in [1.165, 1.54) is 372 Å². The molecule has 0 spiro atoms. The van der Waals surface area contributed by atoms with Crippen molar-refractivity contribution in [1.29, 1.82) is 0 Å². The van der Waals surface area contributed by atoms with Crippen LogP contribution in [0.5, 0.6) is 0 Å². The van der Waals surface area contributed by atoms with Crippen molar-refractivity contribution in [3.63, 3.8) is 0 Å². The Bertz CT molecular complexity index is 1520. The summed E-state index contributed by atoms with van der Waals surface area (Å²) in [6.45, 7) is 3.83. The summed E-state index contributed by atoms with van der Waals surface area (Å²) >= 11 is 0. The molecule has 0 amide bonds. The number of allylic oxidation sites excluding steroid dienone is 4. The first-order valence-corrected chi connectivity index (χ1v) is 41.8. The predicted molar refractivity (Wildman–Crippen MR) is 391 cm³/mol. The van der Waals surface area contributed by atoms with E-state index in [4.69, 9.17) is 24.3 Å². The lowest BCUT2D eigenvalue weighted by Gasteiger charge is -2.19. The van der Waals surface area contributed by atoms with Crippen LogP contribution in [0.1, 0.15) is 444 Å². The summed E-state index contributed by atoms with van der Waals surface area (Å²) in [4.78, 5) is 35.5. The SMILES string of the molecule is CCCCCCC/C=C\C/C=C\CCCCCCCCCCCCCCCCCCCCCC(=O)OC(COC(=O)CCCCCCCCCCCCCCCCCCCCCCCCCCCCCCCCCCCCCCCC)COP(=O)(O)OCCN. The summed E-state index contributed by atoms with van der Waals surface area (Å²) in [5, 5.41) is 0. The molecule has 0 bridgehead atoms. The second-order valence-corrected chi connectivity index (χ2v) is 29.1. The van der Waals surface area contributed by atoms with Crippen LogP contribution in [0.2, 0.25) is 0 Å². The van der Waals surface area contributed by atoms with Crippen LogP contribution >= 0.6 is 7.82 Å².